The molecule has 4 heteroatoms. The molecule has 2 N–H and O–H groups in total. The molecule has 4 nitrogen and oxygen atoms in total. The summed E-state index contributed by atoms with van der Waals surface area (Å²) in [6, 6.07) is 53.1. The molecule has 50 heavy (non-hydrogen) atoms. The van der Waals surface area contributed by atoms with Crippen LogP contribution in [0.15, 0.2) is 152 Å². The summed E-state index contributed by atoms with van der Waals surface area (Å²) < 4.78 is 12.5. The largest absolute Gasteiger partial charge is 0.490 e. The zero-order valence-electron chi connectivity index (χ0n) is 28.7. The number of aliphatic hydroxyl groups is 2. The maximum atomic E-state index is 10.1. The number of rotatable bonds is 11. The van der Waals surface area contributed by atoms with Crippen molar-refractivity contribution in [2.45, 2.75) is 38.4 Å². The molecule has 2 atom stereocenters. The highest BCUT2D eigenvalue weighted by Gasteiger charge is 2.33. The average Bonchev–Trinajstić information content (AvgIpc) is 3.15. The highest BCUT2D eigenvalue weighted by atomic mass is 16.5. The molecular formula is C46H42O4. The van der Waals surface area contributed by atoms with E-state index in [0.29, 0.717) is 0 Å². The number of fused-ring (bicyclic) bond motifs is 2. The minimum absolute atomic E-state index is 0.193. The lowest BCUT2D eigenvalue weighted by Gasteiger charge is -2.33. The van der Waals surface area contributed by atoms with Crippen molar-refractivity contribution in [3.63, 3.8) is 0 Å². The molecule has 0 heterocycles. The summed E-state index contributed by atoms with van der Waals surface area (Å²) in [5, 5.41) is 24.9. The van der Waals surface area contributed by atoms with Crippen LogP contribution in [0.4, 0.5) is 0 Å². The highest BCUT2D eigenvalue weighted by molar-refractivity contribution is 5.90. The normalized spacial score (nSPS) is 13.9. The first kappa shape index (κ1) is 33.1. The number of hydrogen-bond acceptors (Lipinski definition) is 4. The standard InChI is InChI=1S/C46H42O4/c1-31(47)29-49-44-23-21-40(27-42(44)37-19-17-33-11-7-9-13-35(33)25-37)46(3,39-15-5-4-6-16-39)41-22-24-45(50-30-32(2)48)43(28-41)38-20-18-34-12-8-10-14-36(34)26-38/h4-28,31-32,47-48H,29-30H2,1-3H3. The van der Waals surface area contributed by atoms with Crippen molar-refractivity contribution in [3.8, 4) is 33.8 Å². The van der Waals surface area contributed by atoms with Gasteiger partial charge in [-0.1, -0.05) is 115 Å². The van der Waals surface area contributed by atoms with Crippen LogP contribution >= 0.6 is 0 Å². The molecular weight excluding hydrogens is 617 g/mol. The number of hydrogen-bond donors (Lipinski definition) is 2. The van der Waals surface area contributed by atoms with Gasteiger partial charge < -0.3 is 19.7 Å². The van der Waals surface area contributed by atoms with Crippen LogP contribution in [0.25, 0.3) is 43.8 Å². The molecule has 7 aromatic carbocycles. The zero-order chi connectivity index (χ0) is 34.7. The van der Waals surface area contributed by atoms with E-state index in [1.807, 2.05) is 18.2 Å². The van der Waals surface area contributed by atoms with Gasteiger partial charge in [0.25, 0.3) is 0 Å². The van der Waals surface area contributed by atoms with E-state index in [1.165, 1.54) is 10.8 Å². The molecule has 0 bridgehead atoms. The van der Waals surface area contributed by atoms with Gasteiger partial charge in [0.1, 0.15) is 24.7 Å². The fourth-order valence-electron chi connectivity index (χ4n) is 6.79. The Balaban J connectivity index is 1.43. The molecule has 0 aliphatic carbocycles. The van der Waals surface area contributed by atoms with E-state index in [0.717, 1.165) is 61.2 Å². The summed E-state index contributed by atoms with van der Waals surface area (Å²) in [6.45, 7) is 6.13. The van der Waals surface area contributed by atoms with Crippen LogP contribution in [0.5, 0.6) is 11.5 Å². The van der Waals surface area contributed by atoms with E-state index in [9.17, 15) is 10.2 Å². The summed E-state index contributed by atoms with van der Waals surface area (Å²) in [5.41, 5.74) is 6.76. The summed E-state index contributed by atoms with van der Waals surface area (Å²) in [4.78, 5) is 0. The first-order valence-corrected chi connectivity index (χ1v) is 17.2. The molecule has 0 aliphatic rings. The van der Waals surface area contributed by atoms with Crippen LogP contribution in [0.1, 0.15) is 37.5 Å². The van der Waals surface area contributed by atoms with E-state index in [1.54, 1.807) is 13.8 Å². The summed E-state index contributed by atoms with van der Waals surface area (Å²) >= 11 is 0. The average molecular weight is 659 g/mol. The van der Waals surface area contributed by atoms with Gasteiger partial charge in [0.15, 0.2) is 0 Å². The lowest BCUT2D eigenvalue weighted by atomic mass is 9.70. The molecule has 0 amide bonds. The first-order chi connectivity index (χ1) is 24.3. The Bertz CT molecular complexity index is 2110. The van der Waals surface area contributed by atoms with E-state index in [-0.39, 0.29) is 13.2 Å². The Kier molecular flexibility index (Phi) is 9.40. The second-order valence-corrected chi connectivity index (χ2v) is 13.4. The fraction of sp³-hybridized carbons (Fsp3) is 0.174. The molecule has 0 aliphatic heterocycles. The zero-order valence-corrected chi connectivity index (χ0v) is 28.7. The maximum Gasteiger partial charge on any atom is 0.127 e. The van der Waals surface area contributed by atoms with E-state index in [2.05, 4.69) is 140 Å². The van der Waals surface area contributed by atoms with Crippen molar-refractivity contribution >= 4 is 21.5 Å². The van der Waals surface area contributed by atoms with Gasteiger partial charge in [-0.25, -0.2) is 0 Å². The van der Waals surface area contributed by atoms with E-state index >= 15 is 0 Å². The molecule has 0 aromatic heterocycles. The summed E-state index contributed by atoms with van der Waals surface area (Å²) in [5.74, 6) is 1.44. The third-order valence-corrected chi connectivity index (χ3v) is 9.55. The number of benzene rings is 7. The van der Waals surface area contributed by atoms with Gasteiger partial charge in [-0.05, 0) is 107 Å². The smallest absolute Gasteiger partial charge is 0.127 e. The second-order valence-electron chi connectivity index (χ2n) is 13.4. The quantitative estimate of drug-likeness (QED) is 0.136. The minimum Gasteiger partial charge on any atom is -0.490 e. The van der Waals surface area contributed by atoms with Crippen LogP contribution in [0, 0.1) is 0 Å². The van der Waals surface area contributed by atoms with Gasteiger partial charge in [0, 0.05) is 16.5 Å². The Labute approximate surface area is 294 Å². The van der Waals surface area contributed by atoms with Crippen LogP contribution in [0.3, 0.4) is 0 Å². The van der Waals surface area contributed by atoms with Crippen molar-refractivity contribution in [3.05, 3.63) is 168 Å². The van der Waals surface area contributed by atoms with Gasteiger partial charge in [0.2, 0.25) is 0 Å². The van der Waals surface area contributed by atoms with Gasteiger partial charge in [-0.15, -0.1) is 0 Å². The van der Waals surface area contributed by atoms with Gasteiger partial charge >= 0.3 is 0 Å². The van der Waals surface area contributed by atoms with Crippen molar-refractivity contribution in [2.75, 3.05) is 13.2 Å². The molecule has 0 spiro atoms. The monoisotopic (exact) mass is 658 g/mol. The van der Waals surface area contributed by atoms with Gasteiger partial charge in [-0.2, -0.15) is 0 Å². The first-order valence-electron chi connectivity index (χ1n) is 17.2. The minimum atomic E-state index is -0.600. The molecule has 2 unspecified atom stereocenters. The third kappa shape index (κ3) is 6.73. The predicted octanol–water partition coefficient (Wildman–Crippen LogP) is 10.2. The van der Waals surface area contributed by atoms with E-state index < -0.39 is 17.6 Å². The Morgan fingerprint density at radius 3 is 1.32 bits per heavy atom. The Morgan fingerprint density at radius 1 is 0.460 bits per heavy atom. The maximum absolute atomic E-state index is 10.1. The SMILES string of the molecule is CC(O)COc1ccc(C(C)(c2ccccc2)c2ccc(OCC(C)O)c(-c3ccc4ccccc4c3)c2)cc1-c1ccc2ccccc2c1. The number of ether oxygens (including phenoxy) is 2. The summed E-state index contributed by atoms with van der Waals surface area (Å²) in [7, 11) is 0. The highest BCUT2D eigenvalue weighted by Crippen LogP contribution is 2.45. The van der Waals surface area contributed by atoms with Crippen LogP contribution < -0.4 is 9.47 Å². The third-order valence-electron chi connectivity index (χ3n) is 9.55. The molecule has 7 rings (SSSR count). The predicted molar refractivity (Wildman–Crippen MR) is 205 cm³/mol. The van der Waals surface area contributed by atoms with Gasteiger partial charge in [-0.3, -0.25) is 0 Å². The van der Waals surface area contributed by atoms with Gasteiger partial charge in [0.05, 0.1) is 12.2 Å². The molecule has 0 radical (unpaired) electrons. The molecule has 0 fully saturated rings. The van der Waals surface area contributed by atoms with Crippen molar-refractivity contribution in [1.29, 1.82) is 0 Å². The molecule has 250 valence electrons. The number of aliphatic hydroxyl groups excluding tert-OH is 2. The fourth-order valence-corrected chi connectivity index (χ4v) is 6.79. The van der Waals surface area contributed by atoms with Crippen LogP contribution in [0.2, 0.25) is 0 Å². The molecule has 7 aromatic rings. The lowest BCUT2D eigenvalue weighted by Crippen LogP contribution is -2.26. The van der Waals surface area contributed by atoms with E-state index in [4.69, 9.17) is 9.47 Å². The topological polar surface area (TPSA) is 58.9 Å². The van der Waals surface area contributed by atoms with Crippen molar-refractivity contribution < 1.29 is 19.7 Å². The Morgan fingerprint density at radius 2 is 0.880 bits per heavy atom. The lowest BCUT2D eigenvalue weighted by molar-refractivity contribution is 0.123. The van der Waals surface area contributed by atoms with Crippen molar-refractivity contribution in [2.24, 2.45) is 0 Å². The van der Waals surface area contributed by atoms with Crippen molar-refractivity contribution in [1.82, 2.24) is 0 Å². The summed E-state index contributed by atoms with van der Waals surface area (Å²) in [6.07, 6.45) is -1.20. The second kappa shape index (κ2) is 14.2. The van der Waals surface area contributed by atoms with Crippen LogP contribution in [-0.4, -0.2) is 35.6 Å². The molecule has 0 saturated carbocycles. The Hall–Kier alpha value is -5.42. The van der Waals surface area contributed by atoms with Crippen LogP contribution in [-0.2, 0) is 5.41 Å². The molecule has 0 saturated heterocycles.